The summed E-state index contributed by atoms with van der Waals surface area (Å²) in [5, 5.41) is 63.3. The molecule has 3 atom stereocenters. The lowest BCUT2D eigenvalue weighted by atomic mass is 10.0. The molecule has 0 radical (unpaired) electrons. The molecule has 4 aromatic rings. The number of pyridine rings is 1. The van der Waals surface area contributed by atoms with Crippen molar-refractivity contribution < 1.29 is 59.0 Å². The number of phenols is 2. The van der Waals surface area contributed by atoms with E-state index in [0.717, 1.165) is 39.2 Å². The number of amides is 3. The molecule has 2 aromatic heterocycles. The number of β-lactam (4-membered cyclic amide) rings is 1. The Hall–Kier alpha value is -6.62. The van der Waals surface area contributed by atoms with Crippen LogP contribution in [0.1, 0.15) is 28.9 Å². The molecule has 56 heavy (non-hydrogen) atoms. The summed E-state index contributed by atoms with van der Waals surface area (Å²) >= 11 is 2.13. The third-order valence-corrected chi connectivity index (χ3v) is 11.0. The molecule has 2 aliphatic heterocycles. The summed E-state index contributed by atoms with van der Waals surface area (Å²) in [5.41, 5.74) is -0.886. The highest BCUT2D eigenvalue weighted by Crippen LogP contribution is 2.42. The molecule has 0 spiro atoms. The minimum absolute atomic E-state index is 0.00226. The van der Waals surface area contributed by atoms with Gasteiger partial charge in [-0.15, -0.1) is 16.9 Å². The first-order valence-electron chi connectivity index (χ1n) is 16.3. The lowest BCUT2D eigenvalue weighted by Gasteiger charge is -2.49. The second kappa shape index (κ2) is 16.0. The fraction of sp³-hybridized carbons (Fsp3) is 0.273. The van der Waals surface area contributed by atoms with E-state index in [0.29, 0.717) is 5.57 Å². The van der Waals surface area contributed by atoms with E-state index >= 15 is 0 Å². The van der Waals surface area contributed by atoms with Crippen molar-refractivity contribution in [3.05, 3.63) is 75.2 Å². The van der Waals surface area contributed by atoms with Gasteiger partial charge in [-0.1, -0.05) is 23.9 Å². The van der Waals surface area contributed by atoms with Crippen LogP contribution in [0, 0.1) is 0 Å². The van der Waals surface area contributed by atoms with Crippen LogP contribution in [-0.4, -0.2) is 120 Å². The van der Waals surface area contributed by atoms with Gasteiger partial charge in [0.25, 0.3) is 11.8 Å². The summed E-state index contributed by atoms with van der Waals surface area (Å²) in [7, 11) is 0. The van der Waals surface area contributed by atoms with Crippen molar-refractivity contribution in [2.75, 3.05) is 18.1 Å². The maximum Gasteiger partial charge on any atom is 0.352 e. The summed E-state index contributed by atoms with van der Waals surface area (Å²) in [6.45, 7) is 0.762. The van der Waals surface area contributed by atoms with E-state index in [-0.39, 0.29) is 51.1 Å². The molecule has 2 aromatic carbocycles. The lowest BCUT2D eigenvalue weighted by Crippen LogP contribution is -2.71. The average molecular weight is 811 g/mol. The summed E-state index contributed by atoms with van der Waals surface area (Å²) < 4.78 is 7.67. The van der Waals surface area contributed by atoms with Crippen LogP contribution in [0.2, 0.25) is 0 Å². The Kier molecular flexibility index (Phi) is 11.2. The van der Waals surface area contributed by atoms with Gasteiger partial charge in [-0.2, -0.15) is 0 Å². The predicted octanol–water partition coefficient (Wildman–Crippen LogP) is -0.0309. The standard InChI is InChI=1S/C33H30N8O13S2/c1-2-39-9-18(27(48)17-7-20(42)21(43)8-19(17)39)28(49)34-24(14-3-5-16(6-4-14)54-11-23(46)47)29(50)35-25-30(51)41-26(32(52)53)15(12-55-31(25)41)13-56-33-36-37-38-40(33)10-22(44)45/h3-9,24-25,31,42-43H,2,10-13H2,1H3,(H,34,49)(H,35,50)(H,44,45)(H,46,47)(H,52,53)/t24?,25-,31+/m1/s1. The number of hydrogen-bond donors (Lipinski definition) is 7. The van der Waals surface area contributed by atoms with E-state index in [1.165, 1.54) is 41.1 Å². The third-order valence-electron chi connectivity index (χ3n) is 8.58. The van der Waals surface area contributed by atoms with Gasteiger partial charge in [0.15, 0.2) is 18.1 Å². The zero-order valence-corrected chi connectivity index (χ0v) is 30.4. The first-order chi connectivity index (χ1) is 26.7. The number of nitrogens with one attached hydrogen (secondary N) is 2. The molecule has 6 rings (SSSR count). The van der Waals surface area contributed by atoms with Gasteiger partial charge in [0.05, 0.1) is 10.9 Å². The number of aliphatic carboxylic acids is 3. The third kappa shape index (κ3) is 7.79. The summed E-state index contributed by atoms with van der Waals surface area (Å²) in [6, 6.07) is 4.78. The molecule has 23 heteroatoms. The number of aromatic hydroxyl groups is 2. The molecule has 1 unspecified atom stereocenters. The van der Waals surface area contributed by atoms with E-state index < -0.39 is 88.7 Å². The minimum atomic E-state index is -1.57. The number of hydrogen-bond acceptors (Lipinski definition) is 15. The van der Waals surface area contributed by atoms with Crippen LogP contribution in [0.15, 0.2) is 63.8 Å². The van der Waals surface area contributed by atoms with Crippen molar-refractivity contribution in [2.45, 2.75) is 42.6 Å². The fourth-order valence-electron chi connectivity index (χ4n) is 5.96. The van der Waals surface area contributed by atoms with Crippen molar-refractivity contribution in [1.82, 2.24) is 40.3 Å². The van der Waals surface area contributed by atoms with Gasteiger partial charge in [-0.25, -0.2) is 14.3 Å². The monoisotopic (exact) mass is 810 g/mol. The molecular weight excluding hydrogens is 781 g/mol. The van der Waals surface area contributed by atoms with E-state index in [1.54, 1.807) is 6.92 Å². The van der Waals surface area contributed by atoms with Gasteiger partial charge in [0.1, 0.15) is 41.0 Å². The molecule has 292 valence electrons. The number of carboxylic acids is 3. The number of rotatable bonds is 15. The zero-order valence-electron chi connectivity index (χ0n) is 28.8. The minimum Gasteiger partial charge on any atom is -0.504 e. The zero-order chi connectivity index (χ0) is 40.4. The number of carbonyl (C=O) groups excluding carboxylic acids is 3. The molecule has 2 aliphatic rings. The molecule has 7 N–H and O–H groups in total. The van der Waals surface area contributed by atoms with Crippen LogP contribution in [-0.2, 0) is 37.1 Å². The van der Waals surface area contributed by atoms with E-state index in [1.807, 2.05) is 0 Å². The number of nitrogens with zero attached hydrogens (tertiary/aromatic N) is 6. The Balaban J connectivity index is 1.25. The number of ether oxygens (including phenoxy) is 1. The van der Waals surface area contributed by atoms with Crippen LogP contribution in [0.3, 0.4) is 0 Å². The second-order valence-corrected chi connectivity index (χ2v) is 14.2. The number of tetrazole rings is 1. The highest BCUT2D eigenvalue weighted by Gasteiger charge is 2.54. The lowest BCUT2D eigenvalue weighted by molar-refractivity contribution is -0.151. The van der Waals surface area contributed by atoms with Crippen molar-refractivity contribution >= 4 is 70.1 Å². The highest BCUT2D eigenvalue weighted by molar-refractivity contribution is 8.01. The number of benzene rings is 2. The maximum atomic E-state index is 14.0. The number of thioether (sulfide) groups is 2. The van der Waals surface area contributed by atoms with Crippen molar-refractivity contribution in [3.63, 3.8) is 0 Å². The van der Waals surface area contributed by atoms with Crippen LogP contribution in [0.25, 0.3) is 10.9 Å². The molecule has 1 saturated heterocycles. The van der Waals surface area contributed by atoms with Crippen LogP contribution in [0.4, 0.5) is 0 Å². The largest absolute Gasteiger partial charge is 0.504 e. The van der Waals surface area contributed by atoms with Gasteiger partial charge >= 0.3 is 17.9 Å². The quantitative estimate of drug-likeness (QED) is 0.0471. The van der Waals surface area contributed by atoms with Gasteiger partial charge in [-0.3, -0.25) is 28.9 Å². The highest BCUT2D eigenvalue weighted by atomic mass is 32.2. The number of aryl methyl sites for hydroxylation is 1. The van der Waals surface area contributed by atoms with E-state index in [2.05, 4.69) is 26.2 Å². The maximum absolute atomic E-state index is 14.0. The molecule has 21 nitrogen and oxygen atoms in total. The Morgan fingerprint density at radius 2 is 1.75 bits per heavy atom. The molecule has 1 fully saturated rings. The van der Waals surface area contributed by atoms with Gasteiger partial charge in [-0.05, 0) is 46.7 Å². The summed E-state index contributed by atoms with van der Waals surface area (Å²) in [5.74, 6) is -7.40. The number of aromatic nitrogens is 5. The Morgan fingerprint density at radius 1 is 1.04 bits per heavy atom. The number of carboxylic acid groups (broad SMARTS) is 3. The van der Waals surface area contributed by atoms with E-state index in [9.17, 15) is 48.9 Å². The SMILES string of the molecule is CCn1cc(C(=O)NC(C(=O)N[C@@H]2C(=O)N3C(C(=O)O)=C(CSc4nnnn4CC(=O)O)CS[C@@H]23)c2ccc(OCC(=O)O)cc2)c(=O)c2cc(O)c(O)cc21. The smallest absolute Gasteiger partial charge is 0.352 e. The van der Waals surface area contributed by atoms with Gasteiger partial charge < -0.3 is 45.5 Å². The normalized spacial score (nSPS) is 16.8. The molecule has 0 saturated carbocycles. The Labute approximate surface area is 321 Å². The van der Waals surface area contributed by atoms with E-state index in [4.69, 9.17) is 14.9 Å². The second-order valence-electron chi connectivity index (χ2n) is 12.1. The topological polar surface area (TPSA) is 306 Å². The van der Waals surface area contributed by atoms with Crippen molar-refractivity contribution in [1.29, 1.82) is 0 Å². The number of fused-ring (bicyclic) bond motifs is 2. The first-order valence-corrected chi connectivity index (χ1v) is 18.4. The number of carbonyl (C=O) groups is 6. The van der Waals surface area contributed by atoms with Crippen LogP contribution in [0.5, 0.6) is 17.2 Å². The molecule has 0 aliphatic carbocycles. The summed E-state index contributed by atoms with van der Waals surface area (Å²) in [4.78, 5) is 90.4. The van der Waals surface area contributed by atoms with Gasteiger partial charge in [0.2, 0.25) is 16.5 Å². The summed E-state index contributed by atoms with van der Waals surface area (Å²) in [6.07, 6.45) is 1.22. The Morgan fingerprint density at radius 3 is 2.41 bits per heavy atom. The predicted molar refractivity (Wildman–Crippen MR) is 193 cm³/mol. The average Bonchev–Trinajstić information content (AvgIpc) is 3.60. The molecule has 3 amide bonds. The number of phenolic OH excluding ortho intramolecular Hbond substituents is 2. The Bertz CT molecular complexity index is 2380. The molecular formula is C33H30N8O13S2. The first kappa shape index (κ1) is 39.1. The molecule has 4 heterocycles. The fourth-order valence-corrected chi connectivity index (χ4v) is 8.32. The molecule has 0 bridgehead atoms. The van der Waals surface area contributed by atoms with Crippen molar-refractivity contribution in [2.24, 2.45) is 0 Å². The van der Waals surface area contributed by atoms with Crippen LogP contribution >= 0.6 is 23.5 Å². The van der Waals surface area contributed by atoms with Gasteiger partial charge in [0, 0.05) is 30.3 Å². The van der Waals surface area contributed by atoms with Crippen LogP contribution < -0.4 is 20.8 Å². The van der Waals surface area contributed by atoms with Crippen molar-refractivity contribution in [3.8, 4) is 17.2 Å².